The molecule has 15 heavy (non-hydrogen) atoms. The number of nitrogens with one attached hydrogen (secondary N) is 1. The molecule has 1 atom stereocenters. The highest BCUT2D eigenvalue weighted by atomic mass is 35.5. The smallest absolute Gasteiger partial charge is 0.253 e. The summed E-state index contributed by atoms with van der Waals surface area (Å²) in [5, 5.41) is 11.3. The fourth-order valence-corrected chi connectivity index (χ4v) is 1.27. The second-order valence-corrected chi connectivity index (χ2v) is 3.59. The lowest BCUT2D eigenvalue weighted by Gasteiger charge is -2.11. The number of rotatable bonds is 3. The lowest BCUT2D eigenvalue weighted by molar-refractivity contribution is 0.0922. The first-order valence-electron chi connectivity index (χ1n) is 4.41. The maximum Gasteiger partial charge on any atom is 0.253 e. The van der Waals surface area contributed by atoms with Crippen molar-refractivity contribution in [1.29, 1.82) is 0 Å². The number of halogens is 2. The van der Waals surface area contributed by atoms with Crippen LogP contribution in [0.25, 0.3) is 0 Å². The molecule has 1 rings (SSSR count). The molecule has 0 heterocycles. The third kappa shape index (κ3) is 3.18. The highest BCUT2D eigenvalue weighted by molar-refractivity contribution is 6.33. The molecule has 1 amide bonds. The van der Waals surface area contributed by atoms with Gasteiger partial charge in [0.25, 0.3) is 5.91 Å². The van der Waals surface area contributed by atoms with E-state index < -0.39 is 11.7 Å². The average molecular weight is 232 g/mol. The van der Waals surface area contributed by atoms with E-state index in [0.29, 0.717) is 0 Å². The SMILES string of the molecule is C[C@@H](CO)NC(=O)c1ccc(F)cc1Cl. The normalized spacial score (nSPS) is 12.3. The number of aliphatic hydroxyl groups is 1. The van der Waals surface area contributed by atoms with Crippen molar-refractivity contribution in [1.82, 2.24) is 5.32 Å². The summed E-state index contributed by atoms with van der Waals surface area (Å²) in [6.07, 6.45) is 0. The van der Waals surface area contributed by atoms with Crippen molar-refractivity contribution >= 4 is 17.5 Å². The Hall–Kier alpha value is -1.13. The minimum Gasteiger partial charge on any atom is -0.394 e. The first kappa shape index (κ1) is 11.9. The van der Waals surface area contributed by atoms with E-state index in [0.717, 1.165) is 12.1 Å². The van der Waals surface area contributed by atoms with Crippen LogP contribution < -0.4 is 5.32 Å². The van der Waals surface area contributed by atoms with Gasteiger partial charge in [-0.2, -0.15) is 0 Å². The topological polar surface area (TPSA) is 49.3 Å². The molecule has 0 unspecified atom stereocenters. The van der Waals surface area contributed by atoms with Crippen LogP contribution in [0.1, 0.15) is 17.3 Å². The molecular formula is C10H11ClFNO2. The van der Waals surface area contributed by atoms with Crippen molar-refractivity contribution < 1.29 is 14.3 Å². The summed E-state index contributed by atoms with van der Waals surface area (Å²) in [5.41, 5.74) is 0.193. The van der Waals surface area contributed by atoms with Crippen LogP contribution in [-0.2, 0) is 0 Å². The molecule has 0 aliphatic heterocycles. The standard InChI is InChI=1S/C10H11ClFNO2/c1-6(5-14)13-10(15)8-3-2-7(12)4-9(8)11/h2-4,6,14H,5H2,1H3,(H,13,15)/t6-/m0/s1. The summed E-state index contributed by atoms with van der Waals surface area (Å²) in [6, 6.07) is 3.17. The third-order valence-corrected chi connectivity index (χ3v) is 2.14. The monoisotopic (exact) mass is 231 g/mol. The largest absolute Gasteiger partial charge is 0.394 e. The molecule has 3 nitrogen and oxygen atoms in total. The molecule has 0 saturated carbocycles. The highest BCUT2D eigenvalue weighted by Crippen LogP contribution is 2.17. The summed E-state index contributed by atoms with van der Waals surface area (Å²) < 4.78 is 12.7. The molecule has 0 saturated heterocycles. The fourth-order valence-electron chi connectivity index (χ4n) is 1.02. The molecule has 1 aromatic carbocycles. The van der Waals surface area contributed by atoms with Crippen LogP contribution in [0.2, 0.25) is 5.02 Å². The molecule has 5 heteroatoms. The van der Waals surface area contributed by atoms with E-state index in [1.54, 1.807) is 6.92 Å². The summed E-state index contributed by atoms with van der Waals surface area (Å²) in [4.78, 5) is 11.5. The number of amides is 1. The van der Waals surface area contributed by atoms with Gasteiger partial charge in [-0.3, -0.25) is 4.79 Å². The van der Waals surface area contributed by atoms with E-state index in [1.165, 1.54) is 6.07 Å². The van der Waals surface area contributed by atoms with E-state index in [1.807, 2.05) is 0 Å². The van der Waals surface area contributed by atoms with Crippen molar-refractivity contribution in [3.8, 4) is 0 Å². The van der Waals surface area contributed by atoms with Crippen molar-refractivity contribution in [2.75, 3.05) is 6.61 Å². The predicted molar refractivity (Wildman–Crippen MR) is 55.4 cm³/mol. The molecule has 0 aromatic heterocycles. The minimum atomic E-state index is -0.494. The van der Waals surface area contributed by atoms with Crippen LogP contribution in [-0.4, -0.2) is 23.7 Å². The Labute approximate surface area is 91.9 Å². The number of benzene rings is 1. The third-order valence-electron chi connectivity index (χ3n) is 1.83. The zero-order valence-corrected chi connectivity index (χ0v) is 8.88. The number of carbonyl (C=O) groups excluding carboxylic acids is 1. The maximum absolute atomic E-state index is 12.7. The van der Waals surface area contributed by atoms with Crippen molar-refractivity contribution in [2.24, 2.45) is 0 Å². The average Bonchev–Trinajstić information content (AvgIpc) is 2.17. The lowest BCUT2D eigenvalue weighted by atomic mass is 10.2. The van der Waals surface area contributed by atoms with Gasteiger partial charge >= 0.3 is 0 Å². The van der Waals surface area contributed by atoms with Gasteiger partial charge in [-0.15, -0.1) is 0 Å². The molecule has 0 spiro atoms. The van der Waals surface area contributed by atoms with Crippen LogP contribution in [0.15, 0.2) is 18.2 Å². The Morgan fingerprint density at radius 2 is 2.33 bits per heavy atom. The second-order valence-electron chi connectivity index (χ2n) is 3.18. The first-order chi connectivity index (χ1) is 7.04. The van der Waals surface area contributed by atoms with Crippen LogP contribution in [0.4, 0.5) is 4.39 Å². The fraction of sp³-hybridized carbons (Fsp3) is 0.300. The van der Waals surface area contributed by atoms with Gasteiger partial charge in [0.1, 0.15) is 5.82 Å². The zero-order chi connectivity index (χ0) is 11.4. The van der Waals surface area contributed by atoms with Gasteiger partial charge in [0.2, 0.25) is 0 Å². The van der Waals surface area contributed by atoms with Crippen molar-refractivity contribution in [2.45, 2.75) is 13.0 Å². The van der Waals surface area contributed by atoms with Crippen LogP contribution in [0, 0.1) is 5.82 Å². The Morgan fingerprint density at radius 1 is 1.67 bits per heavy atom. The van der Waals surface area contributed by atoms with E-state index in [9.17, 15) is 9.18 Å². The van der Waals surface area contributed by atoms with Crippen LogP contribution in [0.5, 0.6) is 0 Å². The quantitative estimate of drug-likeness (QED) is 0.830. The summed E-state index contributed by atoms with van der Waals surface area (Å²) in [6.45, 7) is 1.49. The molecule has 0 fully saturated rings. The van der Waals surface area contributed by atoms with Gasteiger partial charge in [-0.25, -0.2) is 4.39 Å². The highest BCUT2D eigenvalue weighted by Gasteiger charge is 2.12. The minimum absolute atomic E-state index is 0.0534. The zero-order valence-electron chi connectivity index (χ0n) is 8.13. The van der Waals surface area contributed by atoms with E-state index in [2.05, 4.69) is 5.32 Å². The Balaban J connectivity index is 2.82. The van der Waals surface area contributed by atoms with Gasteiger partial charge in [-0.05, 0) is 25.1 Å². The number of aliphatic hydroxyl groups excluding tert-OH is 1. The van der Waals surface area contributed by atoms with Crippen LogP contribution >= 0.6 is 11.6 Å². The first-order valence-corrected chi connectivity index (χ1v) is 4.79. The Morgan fingerprint density at radius 3 is 2.87 bits per heavy atom. The summed E-state index contributed by atoms with van der Waals surface area (Å²) >= 11 is 5.69. The number of hydrogen-bond donors (Lipinski definition) is 2. The summed E-state index contributed by atoms with van der Waals surface area (Å²) in [7, 11) is 0. The van der Waals surface area contributed by atoms with E-state index in [-0.39, 0.29) is 23.2 Å². The second kappa shape index (κ2) is 5.09. The summed E-state index contributed by atoms with van der Waals surface area (Å²) in [5.74, 6) is -0.923. The Kier molecular flexibility index (Phi) is 4.05. The van der Waals surface area contributed by atoms with Gasteiger partial charge in [0, 0.05) is 6.04 Å². The van der Waals surface area contributed by atoms with Gasteiger partial charge in [0.15, 0.2) is 0 Å². The maximum atomic E-state index is 12.7. The number of carbonyl (C=O) groups is 1. The molecule has 0 aliphatic carbocycles. The predicted octanol–water partition coefficient (Wildman–Crippen LogP) is 1.59. The van der Waals surface area contributed by atoms with E-state index in [4.69, 9.17) is 16.7 Å². The molecule has 0 radical (unpaired) electrons. The Bertz CT molecular complexity index is 370. The van der Waals surface area contributed by atoms with Crippen LogP contribution in [0.3, 0.4) is 0 Å². The van der Waals surface area contributed by atoms with Gasteiger partial charge in [-0.1, -0.05) is 11.6 Å². The molecule has 0 bridgehead atoms. The van der Waals surface area contributed by atoms with Gasteiger partial charge < -0.3 is 10.4 Å². The van der Waals surface area contributed by atoms with Gasteiger partial charge in [0.05, 0.1) is 17.2 Å². The molecular weight excluding hydrogens is 221 g/mol. The molecule has 2 N–H and O–H groups in total. The van der Waals surface area contributed by atoms with E-state index >= 15 is 0 Å². The molecule has 82 valence electrons. The van der Waals surface area contributed by atoms with Crippen molar-refractivity contribution in [3.05, 3.63) is 34.6 Å². The lowest BCUT2D eigenvalue weighted by Crippen LogP contribution is -2.35. The molecule has 1 aromatic rings. The van der Waals surface area contributed by atoms with Crippen molar-refractivity contribution in [3.63, 3.8) is 0 Å². The number of hydrogen-bond acceptors (Lipinski definition) is 2. The molecule has 0 aliphatic rings.